The molecule has 0 aromatic heterocycles. The Hall–Kier alpha value is -0.980. The molecule has 2 N–H and O–H groups in total. The Morgan fingerprint density at radius 3 is 2.62 bits per heavy atom. The summed E-state index contributed by atoms with van der Waals surface area (Å²) in [5, 5.41) is 12.7. The first-order chi connectivity index (χ1) is 9.90. The lowest BCUT2D eigenvalue weighted by Gasteiger charge is -2.28. The van der Waals surface area contributed by atoms with Crippen molar-refractivity contribution in [2.45, 2.75) is 31.6 Å². The number of aliphatic hydroxyl groups excluding tert-OH is 1. The van der Waals surface area contributed by atoms with Gasteiger partial charge in [-0.15, -0.1) is 0 Å². The zero-order valence-corrected chi connectivity index (χ0v) is 12.2. The standard InChI is InChI=1S/C14H18ClF3N2O/c15-12-2-1-3-13(11(12)8-19-10-4-5-10)20(6-7-21)9-14(16,17)18/h1-3,10,19,21H,4-9H2. The average molecular weight is 323 g/mol. The minimum absolute atomic E-state index is 0.0870. The minimum Gasteiger partial charge on any atom is -0.395 e. The summed E-state index contributed by atoms with van der Waals surface area (Å²) in [5.41, 5.74) is 1.06. The fourth-order valence-electron chi connectivity index (χ4n) is 2.17. The summed E-state index contributed by atoms with van der Waals surface area (Å²) in [6.07, 6.45) is -2.16. The van der Waals surface area contributed by atoms with Crippen molar-refractivity contribution in [2.24, 2.45) is 0 Å². The van der Waals surface area contributed by atoms with Gasteiger partial charge in [-0.05, 0) is 25.0 Å². The number of benzene rings is 1. The highest BCUT2D eigenvalue weighted by atomic mass is 35.5. The molecule has 0 unspecified atom stereocenters. The van der Waals surface area contributed by atoms with Crippen LogP contribution in [0.25, 0.3) is 0 Å². The van der Waals surface area contributed by atoms with Crippen LogP contribution in [0.15, 0.2) is 18.2 Å². The van der Waals surface area contributed by atoms with E-state index in [9.17, 15) is 13.2 Å². The Balaban J connectivity index is 2.22. The number of nitrogens with one attached hydrogen (secondary N) is 1. The van der Waals surface area contributed by atoms with Crippen LogP contribution < -0.4 is 10.2 Å². The number of alkyl halides is 3. The fraction of sp³-hybridized carbons (Fsp3) is 0.571. The first-order valence-electron chi connectivity index (χ1n) is 6.84. The van der Waals surface area contributed by atoms with E-state index in [-0.39, 0.29) is 13.2 Å². The molecule has 0 radical (unpaired) electrons. The van der Waals surface area contributed by atoms with Gasteiger partial charge in [-0.2, -0.15) is 13.2 Å². The van der Waals surface area contributed by atoms with Gasteiger partial charge < -0.3 is 15.3 Å². The van der Waals surface area contributed by atoms with Crippen molar-refractivity contribution < 1.29 is 18.3 Å². The summed E-state index contributed by atoms with van der Waals surface area (Å²) in [5.74, 6) is 0. The third-order valence-electron chi connectivity index (χ3n) is 3.32. The molecule has 118 valence electrons. The molecule has 1 fully saturated rings. The van der Waals surface area contributed by atoms with Gasteiger partial charge in [0, 0.05) is 35.4 Å². The maximum Gasteiger partial charge on any atom is 0.405 e. The summed E-state index contributed by atoms with van der Waals surface area (Å²) in [7, 11) is 0. The molecule has 3 nitrogen and oxygen atoms in total. The SMILES string of the molecule is OCCN(CC(F)(F)F)c1cccc(Cl)c1CNC1CC1. The second-order valence-corrected chi connectivity index (χ2v) is 5.56. The van der Waals surface area contributed by atoms with Crippen LogP contribution in [0, 0.1) is 0 Å². The highest BCUT2D eigenvalue weighted by Gasteiger charge is 2.32. The number of hydrogen-bond donors (Lipinski definition) is 2. The molecule has 0 atom stereocenters. The van der Waals surface area contributed by atoms with Crippen molar-refractivity contribution in [3.8, 4) is 0 Å². The molecule has 1 aromatic rings. The van der Waals surface area contributed by atoms with Gasteiger partial charge in [-0.25, -0.2) is 0 Å². The van der Waals surface area contributed by atoms with Gasteiger partial charge in [0.2, 0.25) is 0 Å². The van der Waals surface area contributed by atoms with Crippen molar-refractivity contribution in [3.05, 3.63) is 28.8 Å². The third kappa shape index (κ3) is 5.05. The fourth-order valence-corrected chi connectivity index (χ4v) is 2.41. The van der Waals surface area contributed by atoms with Gasteiger partial charge >= 0.3 is 6.18 Å². The first kappa shape index (κ1) is 16.4. The Labute approximate surface area is 126 Å². The predicted molar refractivity (Wildman–Crippen MR) is 76.7 cm³/mol. The largest absolute Gasteiger partial charge is 0.405 e. The molecule has 0 heterocycles. The van der Waals surface area contributed by atoms with E-state index in [0.29, 0.717) is 28.9 Å². The molecule has 21 heavy (non-hydrogen) atoms. The highest BCUT2D eigenvalue weighted by Crippen LogP contribution is 2.31. The predicted octanol–water partition coefficient (Wildman–Crippen LogP) is 2.95. The van der Waals surface area contributed by atoms with Gasteiger partial charge in [0.1, 0.15) is 6.54 Å². The van der Waals surface area contributed by atoms with E-state index in [2.05, 4.69) is 5.32 Å². The lowest BCUT2D eigenvalue weighted by molar-refractivity contribution is -0.119. The summed E-state index contributed by atoms with van der Waals surface area (Å²) in [4.78, 5) is 1.12. The molecule has 2 rings (SSSR count). The van der Waals surface area contributed by atoms with Gasteiger partial charge in [0.05, 0.1) is 6.61 Å². The second-order valence-electron chi connectivity index (χ2n) is 5.15. The van der Waals surface area contributed by atoms with E-state index < -0.39 is 12.7 Å². The van der Waals surface area contributed by atoms with E-state index in [1.54, 1.807) is 18.2 Å². The second kappa shape index (κ2) is 6.85. The smallest absolute Gasteiger partial charge is 0.395 e. The van der Waals surface area contributed by atoms with Crippen molar-refractivity contribution in [2.75, 3.05) is 24.6 Å². The third-order valence-corrected chi connectivity index (χ3v) is 3.67. The van der Waals surface area contributed by atoms with Crippen molar-refractivity contribution in [3.63, 3.8) is 0 Å². The Bertz CT molecular complexity index is 478. The molecular weight excluding hydrogens is 305 g/mol. The van der Waals surface area contributed by atoms with Gasteiger partial charge in [-0.3, -0.25) is 0 Å². The number of hydrogen-bond acceptors (Lipinski definition) is 3. The highest BCUT2D eigenvalue weighted by molar-refractivity contribution is 6.31. The quantitative estimate of drug-likeness (QED) is 0.810. The molecule has 0 bridgehead atoms. The number of aliphatic hydroxyl groups is 1. The zero-order chi connectivity index (χ0) is 15.5. The van der Waals surface area contributed by atoms with Crippen LogP contribution in [0.1, 0.15) is 18.4 Å². The Kier molecular flexibility index (Phi) is 5.35. The molecule has 0 aliphatic heterocycles. The van der Waals surface area contributed by atoms with Crippen LogP contribution >= 0.6 is 11.6 Å². The number of rotatable bonds is 7. The minimum atomic E-state index is -4.33. The van der Waals surface area contributed by atoms with Crippen molar-refractivity contribution >= 4 is 17.3 Å². The molecule has 7 heteroatoms. The molecule has 0 amide bonds. The number of halogens is 4. The van der Waals surface area contributed by atoms with Crippen LogP contribution in [0.4, 0.5) is 18.9 Å². The summed E-state index contributed by atoms with van der Waals surface area (Å²) < 4.78 is 38.1. The monoisotopic (exact) mass is 322 g/mol. The molecule has 1 aromatic carbocycles. The Morgan fingerprint density at radius 1 is 1.33 bits per heavy atom. The number of anilines is 1. The normalized spacial score (nSPS) is 15.3. The lowest BCUT2D eigenvalue weighted by Crippen LogP contribution is -2.37. The van der Waals surface area contributed by atoms with Crippen molar-refractivity contribution in [1.82, 2.24) is 5.32 Å². The van der Waals surface area contributed by atoms with Crippen molar-refractivity contribution in [1.29, 1.82) is 0 Å². The number of nitrogens with zero attached hydrogens (tertiary/aromatic N) is 1. The summed E-state index contributed by atoms with van der Waals surface area (Å²) >= 11 is 6.14. The van der Waals surface area contributed by atoms with E-state index in [1.807, 2.05) is 0 Å². The summed E-state index contributed by atoms with van der Waals surface area (Å²) in [6.45, 7) is -1.11. The maximum absolute atomic E-state index is 12.7. The van der Waals surface area contributed by atoms with Crippen LogP contribution in [0.3, 0.4) is 0 Å². The van der Waals surface area contributed by atoms with Crippen LogP contribution in [-0.2, 0) is 6.54 Å². The molecule has 0 spiro atoms. The zero-order valence-electron chi connectivity index (χ0n) is 11.5. The maximum atomic E-state index is 12.7. The average Bonchev–Trinajstić information content (AvgIpc) is 3.19. The molecule has 0 saturated heterocycles. The van der Waals surface area contributed by atoms with E-state index in [1.165, 1.54) is 0 Å². The first-order valence-corrected chi connectivity index (χ1v) is 7.22. The molecular formula is C14H18ClF3N2O. The van der Waals surface area contributed by atoms with E-state index in [0.717, 1.165) is 17.7 Å². The molecule has 1 aliphatic rings. The van der Waals surface area contributed by atoms with E-state index in [4.69, 9.17) is 16.7 Å². The van der Waals surface area contributed by atoms with Gasteiger partial charge in [0.15, 0.2) is 0 Å². The topological polar surface area (TPSA) is 35.5 Å². The van der Waals surface area contributed by atoms with Crippen LogP contribution in [-0.4, -0.2) is 37.0 Å². The van der Waals surface area contributed by atoms with E-state index >= 15 is 0 Å². The van der Waals surface area contributed by atoms with Gasteiger partial charge in [-0.1, -0.05) is 17.7 Å². The molecule has 1 aliphatic carbocycles. The Morgan fingerprint density at radius 2 is 2.05 bits per heavy atom. The van der Waals surface area contributed by atoms with Crippen LogP contribution in [0.5, 0.6) is 0 Å². The summed E-state index contributed by atoms with van der Waals surface area (Å²) in [6, 6.07) is 5.33. The molecule has 1 saturated carbocycles. The van der Waals surface area contributed by atoms with Gasteiger partial charge in [0.25, 0.3) is 0 Å². The lowest BCUT2D eigenvalue weighted by atomic mass is 10.1. The van der Waals surface area contributed by atoms with Crippen LogP contribution in [0.2, 0.25) is 5.02 Å².